The van der Waals surface area contributed by atoms with Gasteiger partial charge in [0.05, 0.1) is 9.46 Å². The van der Waals surface area contributed by atoms with Crippen LogP contribution in [0.3, 0.4) is 0 Å². The van der Waals surface area contributed by atoms with Crippen molar-refractivity contribution in [2.75, 3.05) is 6.54 Å². The third kappa shape index (κ3) is 2.27. The highest BCUT2D eigenvalue weighted by atomic mass is 32.1. The van der Waals surface area contributed by atoms with E-state index in [0.29, 0.717) is 16.6 Å². The maximum absolute atomic E-state index is 12.2. The van der Waals surface area contributed by atoms with Crippen molar-refractivity contribution in [1.29, 1.82) is 0 Å². The van der Waals surface area contributed by atoms with Crippen LogP contribution in [0, 0.1) is 10.1 Å². The van der Waals surface area contributed by atoms with E-state index in [2.05, 4.69) is 4.99 Å². The minimum Gasteiger partial charge on any atom is -0.284 e. The Labute approximate surface area is 117 Å². The molecule has 0 saturated carbocycles. The summed E-state index contributed by atoms with van der Waals surface area (Å²) in [6.07, 6.45) is 2.56. The molecule has 0 atom stereocenters. The van der Waals surface area contributed by atoms with E-state index in [0.717, 1.165) is 17.8 Å². The molecular formula is C13H11N3O3S. The molecule has 0 fully saturated rings. The zero-order chi connectivity index (χ0) is 14.1. The number of aromatic nitrogens is 1. The largest absolute Gasteiger partial charge is 0.284 e. The second kappa shape index (κ2) is 5.01. The molecule has 1 aromatic carbocycles. The molecule has 1 aliphatic heterocycles. The number of nitro benzene ring substituents is 1. The van der Waals surface area contributed by atoms with Gasteiger partial charge in [-0.3, -0.25) is 24.5 Å². The minimum atomic E-state index is -0.445. The van der Waals surface area contributed by atoms with Crippen LogP contribution in [0.4, 0.5) is 5.69 Å². The van der Waals surface area contributed by atoms with Crippen molar-refractivity contribution in [3.8, 4) is 0 Å². The lowest BCUT2D eigenvalue weighted by molar-refractivity contribution is -0.384. The lowest BCUT2D eigenvalue weighted by Crippen LogP contribution is -2.33. The summed E-state index contributed by atoms with van der Waals surface area (Å²) in [6.45, 7) is 1.44. The van der Waals surface area contributed by atoms with Gasteiger partial charge < -0.3 is 0 Å². The highest BCUT2D eigenvalue weighted by molar-refractivity contribution is 7.07. The number of hydrogen-bond donors (Lipinski definition) is 0. The fraction of sp³-hybridized carbons (Fsp3) is 0.231. The smallest absolute Gasteiger partial charge is 0.270 e. The Morgan fingerprint density at radius 1 is 1.45 bits per heavy atom. The summed E-state index contributed by atoms with van der Waals surface area (Å²) in [5.74, 6) is 0. The number of fused-ring (bicyclic) bond motifs is 1. The Hall–Kier alpha value is -2.28. The first kappa shape index (κ1) is 12.7. The van der Waals surface area contributed by atoms with Gasteiger partial charge in [-0.1, -0.05) is 23.5 Å². The maximum Gasteiger partial charge on any atom is 0.270 e. The number of rotatable bonds is 2. The lowest BCUT2D eigenvalue weighted by atomic mass is 10.2. The predicted molar refractivity (Wildman–Crippen MR) is 75.5 cm³/mol. The molecule has 0 bridgehead atoms. The molecule has 0 amide bonds. The summed E-state index contributed by atoms with van der Waals surface area (Å²) in [4.78, 5) is 27.5. The van der Waals surface area contributed by atoms with E-state index < -0.39 is 4.92 Å². The monoisotopic (exact) mass is 289 g/mol. The van der Waals surface area contributed by atoms with Gasteiger partial charge in [0.1, 0.15) is 0 Å². The van der Waals surface area contributed by atoms with E-state index in [1.165, 1.54) is 23.5 Å². The van der Waals surface area contributed by atoms with Crippen molar-refractivity contribution >= 4 is 23.1 Å². The Bertz CT molecular complexity index is 850. The molecule has 20 heavy (non-hydrogen) atoms. The Kier molecular flexibility index (Phi) is 3.19. The lowest BCUT2D eigenvalue weighted by Gasteiger charge is -2.03. The van der Waals surface area contributed by atoms with Gasteiger partial charge in [0.15, 0.2) is 4.80 Å². The molecule has 3 rings (SSSR count). The molecule has 0 aliphatic carbocycles. The van der Waals surface area contributed by atoms with Crippen LogP contribution in [0.15, 0.2) is 34.1 Å². The quantitative estimate of drug-likeness (QED) is 0.602. The first-order valence-electron chi connectivity index (χ1n) is 6.15. The normalized spacial score (nSPS) is 14.7. The van der Waals surface area contributed by atoms with Crippen LogP contribution in [0.2, 0.25) is 0 Å². The van der Waals surface area contributed by atoms with Gasteiger partial charge in [-0.25, -0.2) is 0 Å². The van der Waals surface area contributed by atoms with Crippen LogP contribution in [-0.2, 0) is 6.54 Å². The molecule has 102 valence electrons. The first-order valence-corrected chi connectivity index (χ1v) is 6.97. The van der Waals surface area contributed by atoms with Crippen molar-refractivity contribution in [2.45, 2.75) is 13.0 Å². The second-order valence-corrected chi connectivity index (χ2v) is 5.45. The number of thiazole rings is 1. The van der Waals surface area contributed by atoms with E-state index in [4.69, 9.17) is 0 Å². The zero-order valence-corrected chi connectivity index (χ0v) is 11.3. The van der Waals surface area contributed by atoms with Crippen molar-refractivity contribution < 1.29 is 4.92 Å². The molecule has 0 N–H and O–H groups in total. The van der Waals surface area contributed by atoms with Gasteiger partial charge >= 0.3 is 0 Å². The molecule has 0 radical (unpaired) electrons. The zero-order valence-electron chi connectivity index (χ0n) is 10.5. The van der Waals surface area contributed by atoms with E-state index in [1.807, 2.05) is 0 Å². The van der Waals surface area contributed by atoms with Crippen molar-refractivity contribution in [2.24, 2.45) is 4.99 Å². The molecule has 0 saturated heterocycles. The topological polar surface area (TPSA) is 77.5 Å². The van der Waals surface area contributed by atoms with Gasteiger partial charge in [-0.05, 0) is 18.1 Å². The van der Waals surface area contributed by atoms with Crippen LogP contribution < -0.4 is 14.9 Å². The molecule has 6 nitrogen and oxygen atoms in total. The van der Waals surface area contributed by atoms with E-state index in [-0.39, 0.29) is 11.2 Å². The van der Waals surface area contributed by atoms with Crippen molar-refractivity contribution in [3.63, 3.8) is 0 Å². The number of nitro groups is 1. The van der Waals surface area contributed by atoms with Gasteiger partial charge in [0, 0.05) is 25.2 Å². The maximum atomic E-state index is 12.2. The van der Waals surface area contributed by atoms with Crippen LogP contribution in [0.1, 0.15) is 12.0 Å². The Balaban J connectivity index is 2.14. The average molecular weight is 289 g/mol. The Morgan fingerprint density at radius 3 is 3.05 bits per heavy atom. The van der Waals surface area contributed by atoms with Gasteiger partial charge in [-0.15, -0.1) is 0 Å². The van der Waals surface area contributed by atoms with E-state index >= 15 is 0 Å². The van der Waals surface area contributed by atoms with E-state index in [9.17, 15) is 14.9 Å². The standard InChI is InChI=1S/C13H11N3O3S/c17-12-11(20-13-14-5-2-6-15(12)13)8-9-3-1-4-10(7-9)16(18)19/h1,3-4,7-8H,2,5-6H2/b11-8+. The number of benzene rings is 1. The molecule has 2 aromatic rings. The average Bonchev–Trinajstić information content (AvgIpc) is 2.76. The second-order valence-electron chi connectivity index (χ2n) is 4.44. The predicted octanol–water partition coefficient (Wildman–Crippen LogP) is 0.670. The van der Waals surface area contributed by atoms with Crippen molar-refractivity contribution in [3.05, 3.63) is 59.6 Å². The molecular weight excluding hydrogens is 278 g/mol. The van der Waals surface area contributed by atoms with Crippen LogP contribution >= 0.6 is 11.3 Å². The summed E-state index contributed by atoms with van der Waals surface area (Å²) in [5.41, 5.74) is 0.598. The van der Waals surface area contributed by atoms with E-state index in [1.54, 1.807) is 22.8 Å². The van der Waals surface area contributed by atoms with Gasteiger partial charge in [0.25, 0.3) is 11.2 Å². The number of non-ortho nitro benzene ring substituents is 1. The van der Waals surface area contributed by atoms with Gasteiger partial charge in [-0.2, -0.15) is 0 Å². The fourth-order valence-corrected chi connectivity index (χ4v) is 3.14. The minimum absolute atomic E-state index is 0.0184. The Morgan fingerprint density at radius 2 is 2.30 bits per heavy atom. The third-order valence-corrected chi connectivity index (χ3v) is 4.10. The SMILES string of the molecule is O=c1/c(=C\c2cccc([N+](=O)[O-])c2)sc2n1CCCN=2. The number of nitrogens with zero attached hydrogens (tertiary/aromatic N) is 3. The summed E-state index contributed by atoms with van der Waals surface area (Å²) < 4.78 is 2.23. The van der Waals surface area contributed by atoms with Crippen LogP contribution in [-0.4, -0.2) is 16.0 Å². The molecule has 7 heteroatoms. The summed E-state index contributed by atoms with van der Waals surface area (Å²) in [5, 5.41) is 10.7. The molecule has 0 unspecified atom stereocenters. The highest BCUT2D eigenvalue weighted by Gasteiger charge is 2.09. The third-order valence-electron chi connectivity index (χ3n) is 3.05. The van der Waals surface area contributed by atoms with Crippen LogP contribution in [0.5, 0.6) is 0 Å². The number of hydrogen-bond acceptors (Lipinski definition) is 5. The summed E-state index contributed by atoms with van der Waals surface area (Å²) >= 11 is 1.33. The summed E-state index contributed by atoms with van der Waals surface area (Å²) in [6, 6.07) is 6.24. The highest BCUT2D eigenvalue weighted by Crippen LogP contribution is 2.13. The molecule has 2 heterocycles. The van der Waals surface area contributed by atoms with Crippen LogP contribution in [0.25, 0.3) is 6.08 Å². The molecule has 0 spiro atoms. The summed E-state index contributed by atoms with van der Waals surface area (Å²) in [7, 11) is 0. The molecule has 1 aromatic heterocycles. The fourth-order valence-electron chi connectivity index (χ4n) is 2.11. The van der Waals surface area contributed by atoms with Crippen molar-refractivity contribution in [1.82, 2.24) is 4.57 Å². The molecule has 1 aliphatic rings. The first-order chi connectivity index (χ1) is 9.65. The van der Waals surface area contributed by atoms with Gasteiger partial charge in [0.2, 0.25) is 0 Å².